The van der Waals surface area contributed by atoms with Crippen molar-refractivity contribution in [3.63, 3.8) is 0 Å². The number of furan rings is 1. The van der Waals surface area contributed by atoms with E-state index in [9.17, 15) is 0 Å². The molecule has 2 nitrogen and oxygen atoms in total. The standard InChI is InChI=1S/C16H23NO/c1-4-12(5-2)9-14(17)16-10-13-8-11(3)6-7-15(13)18-16/h6-8,10,12,14H,4-5,9,17H2,1-3H3. The second-order valence-corrected chi connectivity index (χ2v) is 5.21. The average Bonchev–Trinajstić information content (AvgIpc) is 2.78. The van der Waals surface area contributed by atoms with Gasteiger partial charge in [-0.15, -0.1) is 0 Å². The van der Waals surface area contributed by atoms with Gasteiger partial charge in [0, 0.05) is 5.39 Å². The Morgan fingerprint density at radius 3 is 2.56 bits per heavy atom. The Hall–Kier alpha value is -1.28. The van der Waals surface area contributed by atoms with Crippen LogP contribution < -0.4 is 5.73 Å². The van der Waals surface area contributed by atoms with Gasteiger partial charge in [-0.25, -0.2) is 0 Å². The minimum absolute atomic E-state index is 0.0163. The lowest BCUT2D eigenvalue weighted by atomic mass is 9.94. The first-order chi connectivity index (χ1) is 8.63. The average molecular weight is 245 g/mol. The zero-order valence-electron chi connectivity index (χ0n) is 11.6. The van der Waals surface area contributed by atoms with Gasteiger partial charge in [-0.05, 0) is 37.5 Å². The summed E-state index contributed by atoms with van der Waals surface area (Å²) in [5, 5.41) is 1.16. The minimum atomic E-state index is 0.0163. The van der Waals surface area contributed by atoms with Gasteiger partial charge in [0.05, 0.1) is 6.04 Å². The molecule has 2 aromatic rings. The van der Waals surface area contributed by atoms with Crippen molar-refractivity contribution in [2.75, 3.05) is 0 Å². The van der Waals surface area contributed by atoms with Crippen LogP contribution in [0, 0.1) is 12.8 Å². The lowest BCUT2D eigenvalue weighted by Gasteiger charge is -2.16. The second kappa shape index (κ2) is 5.57. The van der Waals surface area contributed by atoms with Crippen molar-refractivity contribution >= 4 is 11.0 Å². The van der Waals surface area contributed by atoms with Crippen molar-refractivity contribution in [2.45, 2.75) is 46.1 Å². The molecule has 0 saturated heterocycles. The van der Waals surface area contributed by atoms with Gasteiger partial charge in [-0.1, -0.05) is 38.3 Å². The highest BCUT2D eigenvalue weighted by Gasteiger charge is 2.16. The van der Waals surface area contributed by atoms with E-state index in [1.54, 1.807) is 0 Å². The van der Waals surface area contributed by atoms with E-state index in [1.165, 1.54) is 18.4 Å². The normalized spacial score (nSPS) is 13.4. The SMILES string of the molecule is CCC(CC)CC(N)c1cc2cc(C)ccc2o1. The van der Waals surface area contributed by atoms with E-state index >= 15 is 0 Å². The third kappa shape index (κ3) is 2.75. The summed E-state index contributed by atoms with van der Waals surface area (Å²) >= 11 is 0. The van der Waals surface area contributed by atoms with Gasteiger partial charge in [0.1, 0.15) is 11.3 Å². The third-order valence-corrected chi connectivity index (χ3v) is 3.80. The van der Waals surface area contributed by atoms with Gasteiger partial charge in [0.25, 0.3) is 0 Å². The second-order valence-electron chi connectivity index (χ2n) is 5.21. The first kappa shape index (κ1) is 13.2. The third-order valence-electron chi connectivity index (χ3n) is 3.80. The summed E-state index contributed by atoms with van der Waals surface area (Å²) in [5.41, 5.74) is 8.45. The molecule has 1 aromatic carbocycles. The van der Waals surface area contributed by atoms with E-state index in [2.05, 4.69) is 39.0 Å². The molecule has 18 heavy (non-hydrogen) atoms. The number of fused-ring (bicyclic) bond motifs is 1. The Balaban J connectivity index is 2.20. The van der Waals surface area contributed by atoms with Gasteiger partial charge in [-0.2, -0.15) is 0 Å². The maximum absolute atomic E-state index is 6.26. The van der Waals surface area contributed by atoms with Crippen LogP contribution in [0.5, 0.6) is 0 Å². The first-order valence-electron chi connectivity index (χ1n) is 6.89. The van der Waals surface area contributed by atoms with Gasteiger partial charge >= 0.3 is 0 Å². The molecular formula is C16H23NO. The number of aryl methyl sites for hydroxylation is 1. The summed E-state index contributed by atoms with van der Waals surface area (Å²) in [4.78, 5) is 0. The largest absolute Gasteiger partial charge is 0.459 e. The van der Waals surface area contributed by atoms with Crippen molar-refractivity contribution in [1.82, 2.24) is 0 Å². The molecule has 0 aliphatic rings. The zero-order chi connectivity index (χ0) is 13.1. The molecule has 2 N–H and O–H groups in total. The van der Waals surface area contributed by atoms with Crippen molar-refractivity contribution in [3.05, 3.63) is 35.6 Å². The lowest BCUT2D eigenvalue weighted by molar-refractivity contribution is 0.379. The van der Waals surface area contributed by atoms with Crippen molar-refractivity contribution in [2.24, 2.45) is 11.7 Å². The Labute approximate surface area is 109 Å². The predicted octanol–water partition coefficient (Wildman–Crippen LogP) is 4.57. The minimum Gasteiger partial charge on any atom is -0.459 e. The molecule has 2 heteroatoms. The molecule has 0 radical (unpaired) electrons. The van der Waals surface area contributed by atoms with Crippen LogP contribution in [-0.4, -0.2) is 0 Å². The smallest absolute Gasteiger partial charge is 0.134 e. The molecule has 0 amide bonds. The van der Waals surface area contributed by atoms with E-state index in [0.717, 1.165) is 23.2 Å². The van der Waals surface area contributed by atoms with E-state index in [0.29, 0.717) is 5.92 Å². The molecule has 98 valence electrons. The van der Waals surface area contributed by atoms with Crippen molar-refractivity contribution in [3.8, 4) is 0 Å². The monoisotopic (exact) mass is 245 g/mol. The summed E-state index contributed by atoms with van der Waals surface area (Å²) in [7, 11) is 0. The van der Waals surface area contributed by atoms with Crippen LogP contribution in [0.3, 0.4) is 0 Å². The summed E-state index contributed by atoms with van der Waals surface area (Å²) < 4.78 is 5.85. The summed E-state index contributed by atoms with van der Waals surface area (Å²) in [6, 6.07) is 8.35. The number of benzene rings is 1. The Kier molecular flexibility index (Phi) is 4.07. The number of rotatable bonds is 5. The molecular weight excluding hydrogens is 222 g/mol. The van der Waals surface area contributed by atoms with Gasteiger partial charge in [0.15, 0.2) is 0 Å². The first-order valence-corrected chi connectivity index (χ1v) is 6.89. The molecule has 1 unspecified atom stereocenters. The molecule has 0 fully saturated rings. The van der Waals surface area contributed by atoms with Gasteiger partial charge < -0.3 is 10.2 Å². The summed E-state index contributed by atoms with van der Waals surface area (Å²) in [5.74, 6) is 1.61. The fraction of sp³-hybridized carbons (Fsp3) is 0.500. The van der Waals surface area contributed by atoms with Crippen molar-refractivity contribution < 1.29 is 4.42 Å². The molecule has 2 rings (SSSR count). The molecule has 0 saturated carbocycles. The maximum Gasteiger partial charge on any atom is 0.134 e. The topological polar surface area (TPSA) is 39.2 Å². The quantitative estimate of drug-likeness (QED) is 0.838. The number of nitrogens with two attached hydrogens (primary N) is 1. The Morgan fingerprint density at radius 1 is 1.17 bits per heavy atom. The highest BCUT2D eigenvalue weighted by atomic mass is 16.3. The van der Waals surface area contributed by atoms with E-state index in [-0.39, 0.29) is 6.04 Å². The van der Waals surface area contributed by atoms with E-state index < -0.39 is 0 Å². The number of hydrogen-bond donors (Lipinski definition) is 1. The molecule has 0 aliphatic carbocycles. The van der Waals surface area contributed by atoms with Crippen LogP contribution in [0.2, 0.25) is 0 Å². The zero-order valence-corrected chi connectivity index (χ0v) is 11.6. The molecule has 1 aromatic heterocycles. The molecule has 0 spiro atoms. The van der Waals surface area contributed by atoms with Crippen LogP contribution >= 0.6 is 0 Å². The van der Waals surface area contributed by atoms with Crippen molar-refractivity contribution in [1.29, 1.82) is 0 Å². The predicted molar refractivity (Wildman–Crippen MR) is 76.6 cm³/mol. The van der Waals surface area contributed by atoms with Crippen LogP contribution in [0.1, 0.15) is 50.5 Å². The van der Waals surface area contributed by atoms with Crippen LogP contribution in [0.25, 0.3) is 11.0 Å². The Bertz CT molecular complexity index is 511. The van der Waals surface area contributed by atoms with Crippen LogP contribution in [0.15, 0.2) is 28.7 Å². The molecule has 0 aliphatic heterocycles. The lowest BCUT2D eigenvalue weighted by Crippen LogP contribution is -2.14. The van der Waals surface area contributed by atoms with Crippen LogP contribution in [-0.2, 0) is 0 Å². The Morgan fingerprint density at radius 2 is 1.89 bits per heavy atom. The maximum atomic E-state index is 6.26. The summed E-state index contributed by atoms with van der Waals surface area (Å²) in [6.45, 7) is 6.54. The summed E-state index contributed by atoms with van der Waals surface area (Å²) in [6.07, 6.45) is 3.37. The van der Waals surface area contributed by atoms with Gasteiger partial charge in [-0.3, -0.25) is 0 Å². The number of hydrogen-bond acceptors (Lipinski definition) is 2. The van der Waals surface area contributed by atoms with Crippen LogP contribution in [0.4, 0.5) is 0 Å². The highest BCUT2D eigenvalue weighted by Crippen LogP contribution is 2.28. The highest BCUT2D eigenvalue weighted by molar-refractivity contribution is 5.78. The molecule has 1 heterocycles. The van der Waals surface area contributed by atoms with E-state index in [1.807, 2.05) is 6.07 Å². The molecule has 1 atom stereocenters. The fourth-order valence-corrected chi connectivity index (χ4v) is 2.46. The fourth-order valence-electron chi connectivity index (χ4n) is 2.46. The van der Waals surface area contributed by atoms with E-state index in [4.69, 9.17) is 10.2 Å². The molecule has 0 bridgehead atoms. The van der Waals surface area contributed by atoms with Gasteiger partial charge in [0.2, 0.25) is 0 Å².